The summed E-state index contributed by atoms with van der Waals surface area (Å²) in [4.78, 5) is 9.15. The van der Waals surface area contributed by atoms with E-state index in [0.717, 1.165) is 21.8 Å². The second-order valence-electron chi connectivity index (χ2n) is 5.03. The van der Waals surface area contributed by atoms with Gasteiger partial charge < -0.3 is 10.1 Å². The third-order valence-corrected chi connectivity index (χ3v) is 4.25. The molecule has 0 bridgehead atoms. The first-order valence-corrected chi connectivity index (χ1v) is 7.62. The van der Waals surface area contributed by atoms with Crippen LogP contribution in [-0.2, 0) is 17.8 Å². The molecule has 0 aliphatic carbocycles. The van der Waals surface area contributed by atoms with Crippen LogP contribution in [0.2, 0.25) is 0 Å². The average Bonchev–Trinajstić information content (AvgIpc) is 2.46. The first-order valence-electron chi connectivity index (χ1n) is 6.83. The predicted molar refractivity (Wildman–Crippen MR) is 88.7 cm³/mol. The number of methoxy groups -OCH3 is 1. The van der Waals surface area contributed by atoms with E-state index in [1.165, 1.54) is 16.7 Å². The molecule has 0 aliphatic rings. The molecule has 0 atom stereocenters. The Morgan fingerprint density at radius 3 is 2.57 bits per heavy atom. The molecule has 0 saturated heterocycles. The molecule has 21 heavy (non-hydrogen) atoms. The maximum Gasteiger partial charge on any atom is 0.144 e. The molecule has 1 heterocycles. The molecule has 0 unspecified atom stereocenters. The number of nitrogens with zero attached hydrogens (tertiary/aromatic N) is 2. The van der Waals surface area contributed by atoms with Crippen molar-refractivity contribution in [3.8, 4) is 0 Å². The number of ether oxygens (including phenoxy) is 1. The lowest BCUT2D eigenvalue weighted by molar-refractivity contribution is 0.180. The van der Waals surface area contributed by atoms with Gasteiger partial charge in [0.15, 0.2) is 0 Å². The van der Waals surface area contributed by atoms with Crippen LogP contribution >= 0.6 is 15.9 Å². The van der Waals surface area contributed by atoms with Gasteiger partial charge >= 0.3 is 0 Å². The molecule has 0 amide bonds. The minimum absolute atomic E-state index is 0.456. The van der Waals surface area contributed by atoms with Crippen LogP contribution in [0, 0.1) is 13.8 Å². The number of hydrogen-bond donors (Lipinski definition) is 1. The largest absolute Gasteiger partial charge is 0.378 e. The summed E-state index contributed by atoms with van der Waals surface area (Å²) in [7, 11) is 3.51. The van der Waals surface area contributed by atoms with Crippen LogP contribution in [0.5, 0.6) is 0 Å². The van der Waals surface area contributed by atoms with Gasteiger partial charge in [0, 0.05) is 20.6 Å². The molecule has 0 aliphatic heterocycles. The Balaban J connectivity index is 2.34. The van der Waals surface area contributed by atoms with Crippen LogP contribution in [0.4, 0.5) is 5.82 Å². The van der Waals surface area contributed by atoms with Gasteiger partial charge in [0.05, 0.1) is 16.8 Å². The van der Waals surface area contributed by atoms with Gasteiger partial charge in [-0.3, -0.25) is 0 Å². The van der Waals surface area contributed by atoms with Crippen molar-refractivity contribution >= 4 is 21.7 Å². The number of benzene rings is 1. The van der Waals surface area contributed by atoms with Gasteiger partial charge in [-0.15, -0.1) is 0 Å². The van der Waals surface area contributed by atoms with Gasteiger partial charge in [-0.25, -0.2) is 9.97 Å². The van der Waals surface area contributed by atoms with Crippen molar-refractivity contribution < 1.29 is 4.74 Å². The molecule has 1 N–H and O–H groups in total. The average molecular weight is 350 g/mol. The summed E-state index contributed by atoms with van der Waals surface area (Å²) in [6.07, 6.45) is 0.708. The number of aromatic nitrogens is 2. The molecular formula is C16H20BrN3O. The molecule has 1 aromatic heterocycles. The second-order valence-corrected chi connectivity index (χ2v) is 5.82. The van der Waals surface area contributed by atoms with Crippen LogP contribution in [0.3, 0.4) is 0 Å². The second kappa shape index (κ2) is 7.00. The molecule has 2 rings (SSSR count). The van der Waals surface area contributed by atoms with E-state index in [0.29, 0.717) is 13.0 Å². The Kier molecular flexibility index (Phi) is 5.31. The van der Waals surface area contributed by atoms with E-state index in [1.54, 1.807) is 7.11 Å². The number of anilines is 1. The quantitative estimate of drug-likeness (QED) is 0.895. The molecular weight excluding hydrogens is 330 g/mol. The molecule has 0 fully saturated rings. The van der Waals surface area contributed by atoms with Gasteiger partial charge in [-0.2, -0.15) is 0 Å². The first kappa shape index (κ1) is 15.9. The van der Waals surface area contributed by atoms with Crippen LogP contribution in [0.25, 0.3) is 0 Å². The van der Waals surface area contributed by atoms with Gasteiger partial charge in [0.2, 0.25) is 0 Å². The lowest BCUT2D eigenvalue weighted by Crippen LogP contribution is -2.07. The molecule has 0 spiro atoms. The third kappa shape index (κ3) is 3.80. The van der Waals surface area contributed by atoms with Crippen molar-refractivity contribution in [2.24, 2.45) is 0 Å². The maximum absolute atomic E-state index is 5.20. The van der Waals surface area contributed by atoms with E-state index in [2.05, 4.69) is 63.3 Å². The third-order valence-electron chi connectivity index (χ3n) is 3.42. The summed E-state index contributed by atoms with van der Waals surface area (Å²) in [5.74, 6) is 1.58. The minimum atomic E-state index is 0.456. The summed E-state index contributed by atoms with van der Waals surface area (Å²) in [6.45, 7) is 4.69. The monoisotopic (exact) mass is 349 g/mol. The zero-order chi connectivity index (χ0) is 15.4. The van der Waals surface area contributed by atoms with Crippen molar-refractivity contribution in [2.75, 3.05) is 19.5 Å². The highest BCUT2D eigenvalue weighted by Gasteiger charge is 2.12. The van der Waals surface area contributed by atoms with Crippen LogP contribution in [-0.4, -0.2) is 24.1 Å². The number of halogens is 1. The van der Waals surface area contributed by atoms with Gasteiger partial charge in [-0.05, 0) is 46.5 Å². The minimum Gasteiger partial charge on any atom is -0.378 e. The van der Waals surface area contributed by atoms with E-state index in [1.807, 2.05) is 7.05 Å². The lowest BCUT2D eigenvalue weighted by atomic mass is 10.0. The standard InChI is InChI=1S/C16H20BrN3O/c1-10-5-6-12(7-11(10)2)8-14-19-13(9-21-4)15(17)16(18-3)20-14/h5-7H,8-9H2,1-4H3,(H,18,19,20). The topological polar surface area (TPSA) is 47.0 Å². The van der Waals surface area contributed by atoms with Gasteiger partial charge in [0.1, 0.15) is 11.6 Å². The fraction of sp³-hybridized carbons (Fsp3) is 0.375. The fourth-order valence-corrected chi connectivity index (χ4v) is 2.61. The highest BCUT2D eigenvalue weighted by Crippen LogP contribution is 2.24. The summed E-state index contributed by atoms with van der Waals surface area (Å²) in [6, 6.07) is 6.46. The molecule has 4 nitrogen and oxygen atoms in total. The number of nitrogens with one attached hydrogen (secondary N) is 1. The highest BCUT2D eigenvalue weighted by molar-refractivity contribution is 9.10. The zero-order valence-corrected chi connectivity index (χ0v) is 14.4. The van der Waals surface area contributed by atoms with Crippen LogP contribution in [0.1, 0.15) is 28.2 Å². The Hall–Kier alpha value is -1.46. The van der Waals surface area contributed by atoms with Crippen molar-refractivity contribution in [3.05, 3.63) is 50.9 Å². The zero-order valence-electron chi connectivity index (χ0n) is 12.8. The molecule has 0 saturated carbocycles. The number of aryl methyl sites for hydroxylation is 2. The molecule has 5 heteroatoms. The van der Waals surface area contributed by atoms with Crippen LogP contribution < -0.4 is 5.32 Å². The summed E-state index contributed by atoms with van der Waals surface area (Å²) in [5.41, 5.74) is 4.66. The highest BCUT2D eigenvalue weighted by atomic mass is 79.9. The van der Waals surface area contributed by atoms with Crippen molar-refractivity contribution in [2.45, 2.75) is 26.9 Å². The maximum atomic E-state index is 5.20. The number of hydrogen-bond acceptors (Lipinski definition) is 4. The van der Waals surface area contributed by atoms with E-state index in [4.69, 9.17) is 4.74 Å². The Labute approximate surface area is 134 Å². The van der Waals surface area contributed by atoms with E-state index in [9.17, 15) is 0 Å². The number of rotatable bonds is 5. The molecule has 2 aromatic rings. The Morgan fingerprint density at radius 1 is 1.19 bits per heavy atom. The van der Waals surface area contributed by atoms with Crippen LogP contribution in [0.15, 0.2) is 22.7 Å². The van der Waals surface area contributed by atoms with Crippen molar-refractivity contribution in [1.29, 1.82) is 0 Å². The fourth-order valence-electron chi connectivity index (χ4n) is 2.12. The summed E-state index contributed by atoms with van der Waals surface area (Å²) >= 11 is 3.52. The SMILES string of the molecule is CNc1nc(Cc2ccc(C)c(C)c2)nc(COC)c1Br. The first-order chi connectivity index (χ1) is 10.0. The smallest absolute Gasteiger partial charge is 0.144 e. The van der Waals surface area contributed by atoms with E-state index >= 15 is 0 Å². The van der Waals surface area contributed by atoms with Crippen molar-refractivity contribution in [3.63, 3.8) is 0 Å². The van der Waals surface area contributed by atoms with E-state index in [-0.39, 0.29) is 0 Å². The lowest BCUT2D eigenvalue weighted by Gasteiger charge is -2.11. The normalized spacial score (nSPS) is 10.7. The summed E-state index contributed by atoms with van der Waals surface area (Å²) < 4.78 is 6.06. The molecule has 0 radical (unpaired) electrons. The Bertz CT molecular complexity index is 644. The van der Waals surface area contributed by atoms with E-state index < -0.39 is 0 Å². The summed E-state index contributed by atoms with van der Waals surface area (Å²) in [5, 5.41) is 3.09. The Morgan fingerprint density at radius 2 is 1.95 bits per heavy atom. The van der Waals surface area contributed by atoms with Gasteiger partial charge in [0.25, 0.3) is 0 Å². The molecule has 112 valence electrons. The molecule has 1 aromatic carbocycles. The van der Waals surface area contributed by atoms with Crippen molar-refractivity contribution in [1.82, 2.24) is 9.97 Å². The predicted octanol–water partition coefficient (Wildman–Crippen LogP) is 3.63. The van der Waals surface area contributed by atoms with Gasteiger partial charge in [-0.1, -0.05) is 18.2 Å².